The van der Waals surface area contributed by atoms with Crippen LogP contribution < -0.4 is 0 Å². The highest BCUT2D eigenvalue weighted by atomic mass is 16.5. The summed E-state index contributed by atoms with van der Waals surface area (Å²) in [4.78, 5) is 23.4. The van der Waals surface area contributed by atoms with E-state index in [0.717, 1.165) is 109 Å². The SMILES string of the molecule is CC/C=C\C/C=C\C/C=C\C/C=C\C/C=C\CCCCCC(=O)OC(CCCCCCCCCCCCCCC)CCCCCCCC(=O)O. The van der Waals surface area contributed by atoms with Crippen molar-refractivity contribution in [3.8, 4) is 0 Å². The predicted octanol–water partition coefficient (Wildman–Crippen LogP) is 14.9. The summed E-state index contributed by atoms with van der Waals surface area (Å²) in [5.74, 6) is -0.731. The van der Waals surface area contributed by atoms with E-state index in [0.29, 0.717) is 6.42 Å². The number of carbonyl (C=O) groups excluding carboxylic acids is 1. The first-order valence-electron chi connectivity index (χ1n) is 21.3. The molecule has 0 aromatic carbocycles. The van der Waals surface area contributed by atoms with Gasteiger partial charge in [0, 0.05) is 12.8 Å². The lowest BCUT2D eigenvalue weighted by Gasteiger charge is -2.18. The Morgan fingerprint density at radius 3 is 1.30 bits per heavy atom. The minimum atomic E-state index is -0.705. The Bertz CT molecular complexity index is 881. The van der Waals surface area contributed by atoms with Crippen LogP contribution in [0.5, 0.6) is 0 Å². The number of unbranched alkanes of at least 4 members (excludes halogenated alkanes) is 19. The van der Waals surface area contributed by atoms with Crippen LogP contribution in [0.4, 0.5) is 0 Å². The van der Waals surface area contributed by atoms with E-state index >= 15 is 0 Å². The Balaban J connectivity index is 4.10. The second-order valence-electron chi connectivity index (χ2n) is 14.2. The molecule has 4 nitrogen and oxygen atoms in total. The lowest BCUT2D eigenvalue weighted by Crippen LogP contribution is -2.18. The first-order valence-corrected chi connectivity index (χ1v) is 21.3. The van der Waals surface area contributed by atoms with Gasteiger partial charge in [0.2, 0.25) is 0 Å². The lowest BCUT2D eigenvalue weighted by molar-refractivity contribution is -0.150. The summed E-state index contributed by atoms with van der Waals surface area (Å²) < 4.78 is 6.01. The van der Waals surface area contributed by atoms with Crippen LogP contribution in [0.3, 0.4) is 0 Å². The summed E-state index contributed by atoms with van der Waals surface area (Å²) in [6.07, 6.45) is 56.7. The maximum Gasteiger partial charge on any atom is 0.306 e. The van der Waals surface area contributed by atoms with Gasteiger partial charge in [-0.3, -0.25) is 9.59 Å². The van der Waals surface area contributed by atoms with Crippen LogP contribution in [-0.2, 0) is 14.3 Å². The van der Waals surface area contributed by atoms with Crippen LogP contribution in [0.15, 0.2) is 60.8 Å². The van der Waals surface area contributed by atoms with Gasteiger partial charge >= 0.3 is 11.9 Å². The molecule has 0 amide bonds. The van der Waals surface area contributed by atoms with Crippen LogP contribution in [0.25, 0.3) is 0 Å². The van der Waals surface area contributed by atoms with E-state index in [-0.39, 0.29) is 18.5 Å². The largest absolute Gasteiger partial charge is 0.481 e. The minimum Gasteiger partial charge on any atom is -0.481 e. The number of carboxylic acids is 1. The molecule has 0 heterocycles. The summed E-state index contributed by atoms with van der Waals surface area (Å²) in [6.45, 7) is 4.44. The molecular formula is C46H80O4. The molecule has 1 atom stereocenters. The molecule has 0 fully saturated rings. The molecule has 50 heavy (non-hydrogen) atoms. The average molecular weight is 697 g/mol. The number of aliphatic carboxylic acids is 1. The van der Waals surface area contributed by atoms with Crippen molar-refractivity contribution in [1.82, 2.24) is 0 Å². The first-order chi connectivity index (χ1) is 24.6. The van der Waals surface area contributed by atoms with E-state index in [1.807, 2.05) is 0 Å². The quantitative estimate of drug-likeness (QED) is 0.0396. The Hall–Kier alpha value is -2.36. The van der Waals surface area contributed by atoms with Crippen LogP contribution in [0, 0.1) is 0 Å². The zero-order valence-electron chi connectivity index (χ0n) is 32.9. The van der Waals surface area contributed by atoms with Crippen LogP contribution in [0.1, 0.15) is 213 Å². The van der Waals surface area contributed by atoms with Gasteiger partial charge in [-0.15, -0.1) is 0 Å². The number of esters is 1. The Morgan fingerprint density at radius 2 is 0.840 bits per heavy atom. The van der Waals surface area contributed by atoms with Gasteiger partial charge in [0.25, 0.3) is 0 Å². The fraction of sp³-hybridized carbons (Fsp3) is 0.739. The Labute approximate surface area is 310 Å². The molecule has 0 saturated carbocycles. The van der Waals surface area contributed by atoms with Gasteiger partial charge in [-0.2, -0.15) is 0 Å². The highest BCUT2D eigenvalue weighted by Crippen LogP contribution is 2.19. The number of rotatable bonds is 38. The van der Waals surface area contributed by atoms with Crippen molar-refractivity contribution >= 4 is 11.9 Å². The van der Waals surface area contributed by atoms with Crippen LogP contribution in [0.2, 0.25) is 0 Å². The van der Waals surface area contributed by atoms with E-state index in [9.17, 15) is 9.59 Å². The fourth-order valence-electron chi connectivity index (χ4n) is 6.15. The molecule has 0 aromatic heterocycles. The van der Waals surface area contributed by atoms with E-state index in [2.05, 4.69) is 74.6 Å². The summed E-state index contributed by atoms with van der Waals surface area (Å²) in [6, 6.07) is 0. The highest BCUT2D eigenvalue weighted by molar-refractivity contribution is 5.69. The summed E-state index contributed by atoms with van der Waals surface area (Å²) in [5.41, 5.74) is 0. The highest BCUT2D eigenvalue weighted by Gasteiger charge is 2.14. The third-order valence-electron chi connectivity index (χ3n) is 9.25. The van der Waals surface area contributed by atoms with Gasteiger partial charge in [-0.1, -0.05) is 177 Å². The third-order valence-corrected chi connectivity index (χ3v) is 9.25. The van der Waals surface area contributed by atoms with Crippen LogP contribution in [-0.4, -0.2) is 23.1 Å². The summed E-state index contributed by atoms with van der Waals surface area (Å²) >= 11 is 0. The predicted molar refractivity (Wildman–Crippen MR) is 218 cm³/mol. The van der Waals surface area contributed by atoms with Crippen molar-refractivity contribution in [3.63, 3.8) is 0 Å². The average Bonchev–Trinajstić information content (AvgIpc) is 3.10. The molecule has 0 aliphatic heterocycles. The van der Waals surface area contributed by atoms with E-state index in [1.165, 1.54) is 77.0 Å². The molecule has 288 valence electrons. The molecular weight excluding hydrogens is 617 g/mol. The molecule has 0 aliphatic rings. The Kier molecular flexibility index (Phi) is 39.1. The van der Waals surface area contributed by atoms with Gasteiger partial charge in [0.1, 0.15) is 6.10 Å². The van der Waals surface area contributed by atoms with E-state index in [1.54, 1.807) is 0 Å². The molecule has 0 aliphatic carbocycles. The number of carbonyl (C=O) groups is 2. The van der Waals surface area contributed by atoms with Crippen molar-refractivity contribution in [2.24, 2.45) is 0 Å². The lowest BCUT2D eigenvalue weighted by atomic mass is 10.0. The number of ether oxygens (including phenoxy) is 1. The second kappa shape index (κ2) is 41.1. The van der Waals surface area contributed by atoms with E-state index in [4.69, 9.17) is 9.84 Å². The number of hydrogen-bond donors (Lipinski definition) is 1. The van der Waals surface area contributed by atoms with Gasteiger partial charge in [-0.25, -0.2) is 0 Å². The summed E-state index contributed by atoms with van der Waals surface area (Å²) in [7, 11) is 0. The summed E-state index contributed by atoms with van der Waals surface area (Å²) in [5, 5.41) is 8.83. The number of carboxylic acid groups (broad SMARTS) is 1. The monoisotopic (exact) mass is 697 g/mol. The van der Waals surface area contributed by atoms with Crippen LogP contribution >= 0.6 is 0 Å². The zero-order chi connectivity index (χ0) is 36.4. The van der Waals surface area contributed by atoms with Gasteiger partial charge < -0.3 is 9.84 Å². The standard InChI is InChI=1S/C46H80O4/c1-3-5-7-9-11-13-15-17-18-19-20-21-22-24-26-28-30-35-39-43-46(49)50-44(41-37-33-31-34-38-42-45(47)48)40-36-32-29-27-25-23-16-14-12-10-8-6-4-2/h5,7,11,13,17-18,20-21,24,26,44H,3-4,6,8-10,12,14-16,19,22-23,25,27-43H2,1-2H3,(H,47,48)/b7-5-,13-11-,18-17-,21-20-,26-24-. The molecule has 0 saturated heterocycles. The molecule has 0 spiro atoms. The van der Waals surface area contributed by atoms with Crippen molar-refractivity contribution in [1.29, 1.82) is 0 Å². The minimum absolute atomic E-state index is 0.0268. The molecule has 0 radical (unpaired) electrons. The molecule has 1 unspecified atom stereocenters. The number of allylic oxidation sites excluding steroid dienone is 10. The van der Waals surface area contributed by atoms with Gasteiger partial charge in [0.05, 0.1) is 0 Å². The van der Waals surface area contributed by atoms with Crippen molar-refractivity contribution in [3.05, 3.63) is 60.8 Å². The number of hydrogen-bond acceptors (Lipinski definition) is 3. The molecule has 4 heteroatoms. The van der Waals surface area contributed by atoms with Crippen molar-refractivity contribution < 1.29 is 19.4 Å². The normalized spacial score (nSPS) is 12.8. The molecule has 0 rings (SSSR count). The zero-order valence-corrected chi connectivity index (χ0v) is 32.9. The van der Waals surface area contributed by atoms with Gasteiger partial charge in [-0.05, 0) is 83.5 Å². The van der Waals surface area contributed by atoms with Crippen molar-refractivity contribution in [2.75, 3.05) is 0 Å². The van der Waals surface area contributed by atoms with E-state index < -0.39 is 5.97 Å². The fourth-order valence-corrected chi connectivity index (χ4v) is 6.15. The van der Waals surface area contributed by atoms with Gasteiger partial charge in [0.15, 0.2) is 0 Å². The molecule has 1 N–H and O–H groups in total. The molecule has 0 bridgehead atoms. The first kappa shape index (κ1) is 47.6. The third kappa shape index (κ3) is 40.1. The smallest absolute Gasteiger partial charge is 0.306 e. The second-order valence-corrected chi connectivity index (χ2v) is 14.2. The maximum atomic E-state index is 12.7. The topological polar surface area (TPSA) is 63.6 Å². The molecule has 0 aromatic rings. The van der Waals surface area contributed by atoms with Crippen molar-refractivity contribution in [2.45, 2.75) is 219 Å². The maximum absolute atomic E-state index is 12.7. The Morgan fingerprint density at radius 1 is 0.460 bits per heavy atom.